The SMILES string of the molecule is CCCCc1nc(C(N)COC(C)C)no1. The van der Waals surface area contributed by atoms with E-state index in [0.29, 0.717) is 18.3 Å². The number of nitrogens with zero attached hydrogens (tertiary/aromatic N) is 2. The van der Waals surface area contributed by atoms with Gasteiger partial charge in [0.05, 0.1) is 18.8 Å². The highest BCUT2D eigenvalue weighted by molar-refractivity contribution is 4.93. The Bertz CT molecular complexity index is 299. The zero-order chi connectivity index (χ0) is 12.0. The molecular weight excluding hydrogens is 206 g/mol. The molecule has 5 heteroatoms. The molecule has 1 aromatic rings. The Morgan fingerprint density at radius 2 is 2.19 bits per heavy atom. The summed E-state index contributed by atoms with van der Waals surface area (Å²) < 4.78 is 10.5. The fourth-order valence-electron chi connectivity index (χ4n) is 1.22. The maximum atomic E-state index is 5.88. The Morgan fingerprint density at radius 1 is 1.44 bits per heavy atom. The third-order valence-corrected chi connectivity index (χ3v) is 2.17. The van der Waals surface area contributed by atoms with Crippen molar-refractivity contribution in [1.29, 1.82) is 0 Å². The predicted octanol–water partition coefficient (Wildman–Crippen LogP) is 1.84. The highest BCUT2D eigenvalue weighted by atomic mass is 16.5. The molecule has 1 unspecified atom stereocenters. The van der Waals surface area contributed by atoms with E-state index in [4.69, 9.17) is 15.0 Å². The minimum Gasteiger partial charge on any atom is -0.377 e. The topological polar surface area (TPSA) is 74.2 Å². The summed E-state index contributed by atoms with van der Waals surface area (Å²) in [4.78, 5) is 4.24. The molecule has 0 spiro atoms. The summed E-state index contributed by atoms with van der Waals surface area (Å²) in [6.07, 6.45) is 3.15. The predicted molar refractivity (Wildman–Crippen MR) is 60.9 cm³/mol. The zero-order valence-corrected chi connectivity index (χ0v) is 10.3. The van der Waals surface area contributed by atoms with E-state index in [2.05, 4.69) is 17.1 Å². The van der Waals surface area contributed by atoms with Gasteiger partial charge >= 0.3 is 0 Å². The normalized spacial score (nSPS) is 13.3. The van der Waals surface area contributed by atoms with Crippen molar-refractivity contribution in [2.24, 2.45) is 5.73 Å². The van der Waals surface area contributed by atoms with Crippen LogP contribution in [-0.4, -0.2) is 22.9 Å². The van der Waals surface area contributed by atoms with Crippen LogP contribution in [-0.2, 0) is 11.2 Å². The summed E-state index contributed by atoms with van der Waals surface area (Å²) in [7, 11) is 0. The lowest BCUT2D eigenvalue weighted by Crippen LogP contribution is -2.20. The molecule has 1 rings (SSSR count). The van der Waals surface area contributed by atoms with Gasteiger partial charge in [0.1, 0.15) is 0 Å². The van der Waals surface area contributed by atoms with Gasteiger partial charge in [0.2, 0.25) is 5.89 Å². The Labute approximate surface area is 96.4 Å². The summed E-state index contributed by atoms with van der Waals surface area (Å²) in [5.41, 5.74) is 5.88. The molecule has 1 aromatic heterocycles. The van der Waals surface area contributed by atoms with Crippen molar-refractivity contribution < 1.29 is 9.26 Å². The molecule has 0 aliphatic heterocycles. The van der Waals surface area contributed by atoms with Gasteiger partial charge in [-0.05, 0) is 20.3 Å². The van der Waals surface area contributed by atoms with Gasteiger partial charge < -0.3 is 15.0 Å². The maximum Gasteiger partial charge on any atom is 0.226 e. The Kier molecular flexibility index (Phi) is 5.42. The van der Waals surface area contributed by atoms with Gasteiger partial charge in [-0.25, -0.2) is 0 Å². The van der Waals surface area contributed by atoms with Crippen molar-refractivity contribution in [2.45, 2.75) is 52.2 Å². The average molecular weight is 227 g/mol. The lowest BCUT2D eigenvalue weighted by atomic mass is 10.2. The summed E-state index contributed by atoms with van der Waals surface area (Å²) in [5.74, 6) is 1.20. The first kappa shape index (κ1) is 13.1. The van der Waals surface area contributed by atoms with Crippen molar-refractivity contribution in [3.63, 3.8) is 0 Å². The van der Waals surface area contributed by atoms with Crippen LogP contribution in [0.2, 0.25) is 0 Å². The fourth-order valence-corrected chi connectivity index (χ4v) is 1.22. The van der Waals surface area contributed by atoms with Gasteiger partial charge in [-0.2, -0.15) is 4.98 Å². The third-order valence-electron chi connectivity index (χ3n) is 2.17. The quantitative estimate of drug-likeness (QED) is 0.769. The maximum absolute atomic E-state index is 5.88. The number of nitrogens with two attached hydrogens (primary N) is 1. The van der Waals surface area contributed by atoms with Crippen LogP contribution in [0.15, 0.2) is 4.52 Å². The van der Waals surface area contributed by atoms with E-state index in [1.54, 1.807) is 0 Å². The van der Waals surface area contributed by atoms with Crippen LogP contribution in [0.5, 0.6) is 0 Å². The van der Waals surface area contributed by atoms with Gasteiger partial charge in [-0.1, -0.05) is 18.5 Å². The monoisotopic (exact) mass is 227 g/mol. The Balaban J connectivity index is 2.43. The van der Waals surface area contributed by atoms with Crippen LogP contribution in [0.25, 0.3) is 0 Å². The first-order chi connectivity index (χ1) is 7.63. The molecule has 0 aromatic carbocycles. The molecule has 1 atom stereocenters. The fraction of sp³-hybridized carbons (Fsp3) is 0.818. The zero-order valence-electron chi connectivity index (χ0n) is 10.3. The number of hydrogen-bond donors (Lipinski definition) is 1. The van der Waals surface area contributed by atoms with Crippen LogP contribution < -0.4 is 5.73 Å². The molecule has 0 bridgehead atoms. The molecule has 0 aliphatic carbocycles. The average Bonchev–Trinajstić information content (AvgIpc) is 2.71. The molecule has 5 nitrogen and oxygen atoms in total. The van der Waals surface area contributed by atoms with Crippen molar-refractivity contribution in [1.82, 2.24) is 10.1 Å². The third kappa shape index (κ3) is 4.28. The number of rotatable bonds is 7. The van der Waals surface area contributed by atoms with E-state index in [1.165, 1.54) is 0 Å². The van der Waals surface area contributed by atoms with Crippen LogP contribution in [0, 0.1) is 0 Å². The van der Waals surface area contributed by atoms with Crippen LogP contribution in [0.4, 0.5) is 0 Å². The van der Waals surface area contributed by atoms with Crippen LogP contribution in [0.3, 0.4) is 0 Å². The van der Waals surface area contributed by atoms with Crippen molar-refractivity contribution in [3.8, 4) is 0 Å². The smallest absolute Gasteiger partial charge is 0.226 e. The van der Waals surface area contributed by atoms with Crippen molar-refractivity contribution in [2.75, 3.05) is 6.61 Å². The lowest BCUT2D eigenvalue weighted by Gasteiger charge is -2.10. The second-order valence-corrected chi connectivity index (χ2v) is 4.14. The van der Waals surface area contributed by atoms with Gasteiger partial charge in [-0.3, -0.25) is 0 Å². The first-order valence-corrected chi connectivity index (χ1v) is 5.83. The molecule has 1 heterocycles. The lowest BCUT2D eigenvalue weighted by molar-refractivity contribution is 0.0665. The van der Waals surface area contributed by atoms with Crippen LogP contribution in [0.1, 0.15) is 51.4 Å². The van der Waals surface area contributed by atoms with Gasteiger partial charge in [0, 0.05) is 6.42 Å². The summed E-state index contributed by atoms with van der Waals surface area (Å²) in [6, 6.07) is -0.304. The van der Waals surface area contributed by atoms with E-state index < -0.39 is 0 Å². The highest BCUT2D eigenvalue weighted by Crippen LogP contribution is 2.09. The second kappa shape index (κ2) is 6.60. The van der Waals surface area contributed by atoms with E-state index >= 15 is 0 Å². The summed E-state index contributed by atoms with van der Waals surface area (Å²) >= 11 is 0. The molecule has 0 fully saturated rings. The van der Waals surface area contributed by atoms with E-state index in [-0.39, 0.29) is 12.1 Å². The largest absolute Gasteiger partial charge is 0.377 e. The van der Waals surface area contributed by atoms with Crippen molar-refractivity contribution >= 4 is 0 Å². The van der Waals surface area contributed by atoms with E-state index in [0.717, 1.165) is 19.3 Å². The number of ether oxygens (including phenoxy) is 1. The minimum absolute atomic E-state index is 0.164. The molecule has 0 aliphatic rings. The molecule has 16 heavy (non-hydrogen) atoms. The van der Waals surface area contributed by atoms with Gasteiger partial charge in [0.15, 0.2) is 5.82 Å². The van der Waals surface area contributed by atoms with Crippen molar-refractivity contribution in [3.05, 3.63) is 11.7 Å². The summed E-state index contributed by atoms with van der Waals surface area (Å²) in [6.45, 7) is 6.48. The highest BCUT2D eigenvalue weighted by Gasteiger charge is 2.14. The minimum atomic E-state index is -0.304. The van der Waals surface area contributed by atoms with E-state index in [9.17, 15) is 0 Å². The number of unbranched alkanes of at least 4 members (excludes halogenated alkanes) is 1. The Hall–Kier alpha value is -0.940. The molecule has 0 radical (unpaired) electrons. The number of hydrogen-bond acceptors (Lipinski definition) is 5. The van der Waals surface area contributed by atoms with Crippen LogP contribution >= 0.6 is 0 Å². The standard InChI is InChI=1S/C11H21N3O2/c1-4-5-6-10-13-11(14-16-10)9(12)7-15-8(2)3/h8-9H,4-7,12H2,1-3H3. The molecule has 0 saturated carbocycles. The molecule has 2 N–H and O–H groups in total. The van der Waals surface area contributed by atoms with E-state index in [1.807, 2.05) is 13.8 Å². The Morgan fingerprint density at radius 3 is 2.81 bits per heavy atom. The number of aryl methyl sites for hydroxylation is 1. The van der Waals surface area contributed by atoms with Gasteiger partial charge in [0.25, 0.3) is 0 Å². The molecule has 92 valence electrons. The first-order valence-electron chi connectivity index (χ1n) is 5.83. The van der Waals surface area contributed by atoms with Gasteiger partial charge in [-0.15, -0.1) is 0 Å². The molecule has 0 saturated heterocycles. The summed E-state index contributed by atoms with van der Waals surface area (Å²) in [5, 5.41) is 3.86. The number of aromatic nitrogens is 2. The second-order valence-electron chi connectivity index (χ2n) is 4.14. The molecular formula is C11H21N3O2. The molecule has 0 amide bonds.